The van der Waals surface area contributed by atoms with E-state index in [2.05, 4.69) is 14.9 Å². The third kappa shape index (κ3) is 2.92. The molecule has 1 aromatic heterocycles. The number of nitrogens with zero attached hydrogens (tertiary/aromatic N) is 4. The molecule has 5 nitrogen and oxygen atoms in total. The molecule has 1 aliphatic heterocycles. The normalized spacial score (nSPS) is 20.0. The number of piperidine rings is 1. The number of hydrogen-bond donors (Lipinski definition) is 1. The summed E-state index contributed by atoms with van der Waals surface area (Å²) in [5, 5.41) is 8.67. The number of rotatable bonds is 3. The van der Waals surface area contributed by atoms with E-state index in [4.69, 9.17) is 11.0 Å². The van der Waals surface area contributed by atoms with E-state index in [0.29, 0.717) is 11.6 Å². The van der Waals surface area contributed by atoms with Crippen LogP contribution in [-0.4, -0.2) is 29.6 Å². The van der Waals surface area contributed by atoms with Crippen molar-refractivity contribution >= 4 is 5.82 Å². The largest absolute Gasteiger partial charge is 0.355 e. The Morgan fingerprint density at radius 1 is 1.47 bits per heavy atom. The minimum absolute atomic E-state index is 0.365. The zero-order valence-corrected chi connectivity index (χ0v) is 9.84. The van der Waals surface area contributed by atoms with E-state index in [1.54, 1.807) is 6.20 Å². The molecule has 0 spiro atoms. The van der Waals surface area contributed by atoms with Crippen molar-refractivity contribution in [3.63, 3.8) is 0 Å². The summed E-state index contributed by atoms with van der Waals surface area (Å²) in [7, 11) is 0. The topological polar surface area (TPSA) is 78.8 Å². The van der Waals surface area contributed by atoms with Gasteiger partial charge < -0.3 is 10.6 Å². The highest BCUT2D eigenvalue weighted by molar-refractivity contribution is 5.37. The summed E-state index contributed by atoms with van der Waals surface area (Å²) in [5.41, 5.74) is 5.96. The van der Waals surface area contributed by atoms with Crippen LogP contribution < -0.4 is 10.6 Å². The summed E-state index contributed by atoms with van der Waals surface area (Å²) in [5.74, 6) is 1.52. The summed E-state index contributed by atoms with van der Waals surface area (Å²) >= 11 is 0. The Kier molecular flexibility index (Phi) is 3.89. The molecule has 1 aliphatic rings. The van der Waals surface area contributed by atoms with E-state index in [1.807, 2.05) is 6.07 Å². The molecule has 90 valence electrons. The third-order valence-electron chi connectivity index (χ3n) is 3.17. The average Bonchev–Trinajstić information content (AvgIpc) is 2.40. The van der Waals surface area contributed by atoms with Gasteiger partial charge in [-0.2, -0.15) is 5.26 Å². The first kappa shape index (κ1) is 11.8. The fraction of sp³-hybridized carbons (Fsp3) is 0.583. The van der Waals surface area contributed by atoms with Crippen molar-refractivity contribution in [2.75, 3.05) is 24.5 Å². The maximum Gasteiger partial charge on any atom is 0.158 e. The van der Waals surface area contributed by atoms with E-state index in [9.17, 15) is 0 Å². The van der Waals surface area contributed by atoms with Crippen LogP contribution in [0.2, 0.25) is 0 Å². The summed E-state index contributed by atoms with van der Waals surface area (Å²) in [6.45, 7) is 2.76. The highest BCUT2D eigenvalue weighted by Gasteiger charge is 2.20. The lowest BCUT2D eigenvalue weighted by Gasteiger charge is -2.33. The summed E-state index contributed by atoms with van der Waals surface area (Å²) in [6, 6.07) is 1.98. The quantitative estimate of drug-likeness (QED) is 0.836. The Labute approximate surface area is 101 Å². The molecule has 1 atom stereocenters. The molecular weight excluding hydrogens is 214 g/mol. The van der Waals surface area contributed by atoms with Gasteiger partial charge in [0.1, 0.15) is 11.9 Å². The van der Waals surface area contributed by atoms with Gasteiger partial charge in [-0.1, -0.05) is 0 Å². The molecule has 2 heterocycles. The maximum absolute atomic E-state index is 8.67. The summed E-state index contributed by atoms with van der Waals surface area (Å²) < 4.78 is 0. The highest BCUT2D eigenvalue weighted by atomic mass is 15.2. The van der Waals surface area contributed by atoms with Crippen molar-refractivity contribution in [2.45, 2.75) is 19.3 Å². The van der Waals surface area contributed by atoms with Crippen LogP contribution in [0.1, 0.15) is 25.0 Å². The first-order valence-corrected chi connectivity index (χ1v) is 6.00. The standard InChI is InChI=1S/C12H17N5/c13-4-3-10-2-1-5-17(9-10)12-8-15-11(6-14)7-16-12/h7-8,10H,1-5,9,13H2. The highest BCUT2D eigenvalue weighted by Crippen LogP contribution is 2.22. The van der Waals surface area contributed by atoms with Gasteiger partial charge in [-0.15, -0.1) is 0 Å². The molecule has 0 bridgehead atoms. The summed E-state index contributed by atoms with van der Waals surface area (Å²) in [6.07, 6.45) is 6.70. The number of nitrogens with two attached hydrogens (primary N) is 1. The van der Waals surface area contributed by atoms with Gasteiger partial charge in [0.15, 0.2) is 5.69 Å². The van der Waals surface area contributed by atoms with E-state index < -0.39 is 0 Å². The van der Waals surface area contributed by atoms with Crippen molar-refractivity contribution < 1.29 is 0 Å². The van der Waals surface area contributed by atoms with Gasteiger partial charge >= 0.3 is 0 Å². The van der Waals surface area contributed by atoms with Crippen LogP contribution in [-0.2, 0) is 0 Å². The predicted molar refractivity (Wildman–Crippen MR) is 65.4 cm³/mol. The van der Waals surface area contributed by atoms with Gasteiger partial charge in [-0.3, -0.25) is 0 Å². The molecule has 1 aromatic rings. The smallest absolute Gasteiger partial charge is 0.158 e. The van der Waals surface area contributed by atoms with Crippen molar-refractivity contribution in [2.24, 2.45) is 11.7 Å². The van der Waals surface area contributed by atoms with Crippen LogP contribution in [0.25, 0.3) is 0 Å². The van der Waals surface area contributed by atoms with Crippen molar-refractivity contribution in [3.05, 3.63) is 18.1 Å². The minimum Gasteiger partial charge on any atom is -0.355 e. The molecule has 2 rings (SSSR count). The third-order valence-corrected chi connectivity index (χ3v) is 3.17. The van der Waals surface area contributed by atoms with Crippen molar-refractivity contribution in [1.29, 1.82) is 5.26 Å². The van der Waals surface area contributed by atoms with Gasteiger partial charge in [0.05, 0.1) is 12.4 Å². The Hall–Kier alpha value is -1.67. The maximum atomic E-state index is 8.67. The molecule has 1 unspecified atom stereocenters. The second-order valence-corrected chi connectivity index (χ2v) is 4.40. The van der Waals surface area contributed by atoms with Gasteiger partial charge in [0, 0.05) is 13.1 Å². The zero-order valence-electron chi connectivity index (χ0n) is 9.84. The first-order chi connectivity index (χ1) is 8.33. The molecule has 0 amide bonds. The SMILES string of the molecule is N#Cc1cnc(N2CCCC(CCN)C2)cn1. The number of nitriles is 1. The second-order valence-electron chi connectivity index (χ2n) is 4.40. The zero-order chi connectivity index (χ0) is 12.1. The van der Waals surface area contributed by atoms with Crippen molar-refractivity contribution in [1.82, 2.24) is 9.97 Å². The Bertz CT molecular complexity index is 392. The molecule has 0 radical (unpaired) electrons. The molecule has 17 heavy (non-hydrogen) atoms. The Balaban J connectivity index is 2.03. The lowest BCUT2D eigenvalue weighted by atomic mass is 9.95. The second kappa shape index (κ2) is 5.60. The first-order valence-electron chi connectivity index (χ1n) is 6.00. The number of anilines is 1. The fourth-order valence-corrected chi connectivity index (χ4v) is 2.29. The van der Waals surface area contributed by atoms with Crippen LogP contribution in [0.15, 0.2) is 12.4 Å². The molecule has 0 aliphatic carbocycles. The number of hydrogen-bond acceptors (Lipinski definition) is 5. The van der Waals surface area contributed by atoms with Gasteiger partial charge in [0.2, 0.25) is 0 Å². The van der Waals surface area contributed by atoms with Gasteiger partial charge in [0.25, 0.3) is 0 Å². The molecule has 1 saturated heterocycles. The van der Waals surface area contributed by atoms with E-state index in [-0.39, 0.29) is 0 Å². The molecule has 0 aromatic carbocycles. The number of aromatic nitrogens is 2. The average molecular weight is 231 g/mol. The van der Waals surface area contributed by atoms with E-state index in [1.165, 1.54) is 19.0 Å². The van der Waals surface area contributed by atoms with Crippen molar-refractivity contribution in [3.8, 4) is 6.07 Å². The molecule has 2 N–H and O–H groups in total. The summed E-state index contributed by atoms with van der Waals surface area (Å²) in [4.78, 5) is 10.6. The molecule has 1 fully saturated rings. The fourth-order valence-electron chi connectivity index (χ4n) is 2.29. The molecule has 0 saturated carbocycles. The Morgan fingerprint density at radius 2 is 2.35 bits per heavy atom. The Morgan fingerprint density at radius 3 is 3.00 bits per heavy atom. The van der Waals surface area contributed by atoms with Gasteiger partial charge in [-0.05, 0) is 31.7 Å². The monoisotopic (exact) mass is 231 g/mol. The predicted octanol–water partition coefficient (Wildman–Crippen LogP) is 0.913. The molecular formula is C12H17N5. The van der Waals surface area contributed by atoms with Crippen LogP contribution in [0.4, 0.5) is 5.82 Å². The van der Waals surface area contributed by atoms with E-state index >= 15 is 0 Å². The van der Waals surface area contributed by atoms with E-state index in [0.717, 1.165) is 31.9 Å². The van der Waals surface area contributed by atoms with Crippen LogP contribution in [0.5, 0.6) is 0 Å². The van der Waals surface area contributed by atoms with Crippen LogP contribution >= 0.6 is 0 Å². The van der Waals surface area contributed by atoms with Gasteiger partial charge in [-0.25, -0.2) is 9.97 Å². The lowest BCUT2D eigenvalue weighted by molar-refractivity contribution is 0.394. The van der Waals surface area contributed by atoms with Crippen LogP contribution in [0.3, 0.4) is 0 Å². The van der Waals surface area contributed by atoms with Crippen LogP contribution in [0, 0.1) is 17.2 Å². The molecule has 5 heteroatoms. The lowest BCUT2D eigenvalue weighted by Crippen LogP contribution is -2.36. The minimum atomic E-state index is 0.365.